The minimum atomic E-state index is -0.454. The predicted molar refractivity (Wildman–Crippen MR) is 116 cm³/mol. The van der Waals surface area contributed by atoms with Crippen LogP contribution in [-0.2, 0) is 6.61 Å². The van der Waals surface area contributed by atoms with Crippen LogP contribution in [0.5, 0.6) is 5.75 Å². The quantitative estimate of drug-likeness (QED) is 0.310. The number of nitrogens with zero attached hydrogens (tertiary/aromatic N) is 2. The highest BCUT2D eigenvalue weighted by Gasteiger charge is 2.08. The van der Waals surface area contributed by atoms with Crippen LogP contribution in [0, 0.1) is 21.4 Å². The van der Waals surface area contributed by atoms with Crippen molar-refractivity contribution in [2.45, 2.75) is 6.61 Å². The molecular formula is C23H20N4O4. The molecule has 0 spiro atoms. The molecule has 31 heavy (non-hydrogen) atoms. The summed E-state index contributed by atoms with van der Waals surface area (Å²) in [5.74, 6) is 0.290. The van der Waals surface area contributed by atoms with Crippen LogP contribution in [0.2, 0.25) is 0 Å². The number of non-ortho nitro benzene ring substituents is 1. The molecule has 2 N–H and O–H groups in total. The van der Waals surface area contributed by atoms with Gasteiger partial charge < -0.3 is 15.4 Å². The van der Waals surface area contributed by atoms with Crippen molar-refractivity contribution in [3.8, 4) is 11.8 Å². The van der Waals surface area contributed by atoms with E-state index < -0.39 is 4.92 Å². The Kier molecular flexibility index (Phi) is 7.16. The first-order chi connectivity index (χ1) is 15.1. The van der Waals surface area contributed by atoms with Crippen molar-refractivity contribution in [2.24, 2.45) is 0 Å². The molecule has 0 atom stereocenters. The molecule has 0 bridgehead atoms. The molecule has 0 aliphatic rings. The molecule has 0 radical (unpaired) electrons. The third-order valence-electron chi connectivity index (χ3n) is 4.45. The molecule has 0 aliphatic heterocycles. The summed E-state index contributed by atoms with van der Waals surface area (Å²) in [4.78, 5) is 22.6. The molecule has 0 unspecified atom stereocenters. The SMILES string of the molecule is N#Cc1ccccc1COc1cccc(C(=O)NCCNc2ccc([N+](=O)[O-])cc2)c1. The molecule has 3 aromatic rings. The normalized spacial score (nSPS) is 10.0. The number of nitriles is 1. The number of rotatable bonds is 9. The molecule has 0 aliphatic carbocycles. The maximum absolute atomic E-state index is 12.4. The summed E-state index contributed by atoms with van der Waals surface area (Å²) in [7, 11) is 0. The molecule has 8 nitrogen and oxygen atoms in total. The molecule has 3 rings (SSSR count). The molecule has 0 fully saturated rings. The maximum Gasteiger partial charge on any atom is 0.269 e. The third-order valence-corrected chi connectivity index (χ3v) is 4.45. The number of carbonyl (C=O) groups excluding carboxylic acids is 1. The van der Waals surface area contributed by atoms with Crippen LogP contribution < -0.4 is 15.4 Å². The van der Waals surface area contributed by atoms with E-state index in [0.29, 0.717) is 30.0 Å². The van der Waals surface area contributed by atoms with Crippen molar-refractivity contribution in [3.63, 3.8) is 0 Å². The molecule has 0 saturated heterocycles. The van der Waals surface area contributed by atoms with Crippen LogP contribution in [0.4, 0.5) is 11.4 Å². The zero-order valence-electron chi connectivity index (χ0n) is 16.6. The molecule has 8 heteroatoms. The van der Waals surface area contributed by atoms with Crippen LogP contribution in [0.3, 0.4) is 0 Å². The van der Waals surface area contributed by atoms with Crippen LogP contribution in [0.1, 0.15) is 21.5 Å². The fourth-order valence-corrected chi connectivity index (χ4v) is 2.83. The van der Waals surface area contributed by atoms with Crippen molar-refractivity contribution in [1.29, 1.82) is 5.26 Å². The van der Waals surface area contributed by atoms with Gasteiger partial charge in [0.15, 0.2) is 0 Å². The number of ether oxygens (including phenoxy) is 1. The van der Waals surface area contributed by atoms with Crippen LogP contribution in [0.15, 0.2) is 72.8 Å². The summed E-state index contributed by atoms with van der Waals surface area (Å²) < 4.78 is 5.74. The molecule has 1 amide bonds. The molecule has 0 heterocycles. The first kappa shape index (κ1) is 21.3. The Morgan fingerprint density at radius 3 is 2.55 bits per heavy atom. The van der Waals surface area contributed by atoms with Gasteiger partial charge in [0.05, 0.1) is 16.6 Å². The molecule has 0 aromatic heterocycles. The van der Waals surface area contributed by atoms with Gasteiger partial charge in [-0.15, -0.1) is 0 Å². The van der Waals surface area contributed by atoms with E-state index in [1.54, 1.807) is 48.5 Å². The minimum absolute atomic E-state index is 0.0251. The fourth-order valence-electron chi connectivity index (χ4n) is 2.83. The van der Waals surface area contributed by atoms with Crippen molar-refractivity contribution in [1.82, 2.24) is 5.32 Å². The number of benzene rings is 3. The molecule has 156 valence electrons. The van der Waals surface area contributed by atoms with Gasteiger partial charge in [-0.05, 0) is 36.4 Å². The summed E-state index contributed by atoms with van der Waals surface area (Å²) in [6.07, 6.45) is 0. The number of nitrogens with one attached hydrogen (secondary N) is 2. The molecular weight excluding hydrogens is 396 g/mol. The van der Waals surface area contributed by atoms with E-state index in [9.17, 15) is 14.9 Å². The van der Waals surface area contributed by atoms with Gasteiger partial charge in [-0.3, -0.25) is 14.9 Å². The van der Waals surface area contributed by atoms with Gasteiger partial charge >= 0.3 is 0 Å². The zero-order chi connectivity index (χ0) is 22.1. The Morgan fingerprint density at radius 1 is 1.03 bits per heavy atom. The summed E-state index contributed by atoms with van der Waals surface area (Å²) in [5.41, 5.74) is 2.54. The van der Waals surface area contributed by atoms with Crippen molar-refractivity contribution < 1.29 is 14.5 Å². The first-order valence-electron chi connectivity index (χ1n) is 9.54. The second-order valence-corrected chi connectivity index (χ2v) is 6.57. The van der Waals surface area contributed by atoms with E-state index >= 15 is 0 Å². The minimum Gasteiger partial charge on any atom is -0.489 e. The van der Waals surface area contributed by atoms with Crippen molar-refractivity contribution >= 4 is 17.3 Å². The Morgan fingerprint density at radius 2 is 1.81 bits per heavy atom. The number of carbonyl (C=O) groups is 1. The lowest BCUT2D eigenvalue weighted by atomic mass is 10.1. The predicted octanol–water partition coefficient (Wildman–Crippen LogP) is 3.89. The highest BCUT2D eigenvalue weighted by Crippen LogP contribution is 2.17. The first-order valence-corrected chi connectivity index (χ1v) is 9.54. The maximum atomic E-state index is 12.4. The smallest absolute Gasteiger partial charge is 0.269 e. The summed E-state index contributed by atoms with van der Waals surface area (Å²) >= 11 is 0. The lowest BCUT2D eigenvalue weighted by Crippen LogP contribution is -2.28. The van der Waals surface area contributed by atoms with Gasteiger partial charge in [-0.25, -0.2) is 0 Å². The average molecular weight is 416 g/mol. The number of anilines is 1. The number of nitro groups is 1. The zero-order valence-corrected chi connectivity index (χ0v) is 16.6. The second kappa shape index (κ2) is 10.4. The number of hydrogen-bond donors (Lipinski definition) is 2. The van der Waals surface area contributed by atoms with Crippen molar-refractivity contribution in [2.75, 3.05) is 18.4 Å². The second-order valence-electron chi connectivity index (χ2n) is 6.57. The van der Waals surface area contributed by atoms with E-state index in [1.165, 1.54) is 12.1 Å². The van der Waals surface area contributed by atoms with E-state index in [1.807, 2.05) is 12.1 Å². The Hall–Kier alpha value is -4.38. The van der Waals surface area contributed by atoms with E-state index in [-0.39, 0.29) is 18.2 Å². The number of nitro benzene ring substituents is 1. The molecule has 3 aromatic carbocycles. The highest BCUT2D eigenvalue weighted by atomic mass is 16.6. The lowest BCUT2D eigenvalue weighted by molar-refractivity contribution is -0.384. The Bertz CT molecular complexity index is 1110. The molecule has 0 saturated carbocycles. The van der Waals surface area contributed by atoms with Gasteiger partial charge in [-0.2, -0.15) is 5.26 Å². The number of amides is 1. The lowest BCUT2D eigenvalue weighted by Gasteiger charge is -2.10. The number of hydrogen-bond acceptors (Lipinski definition) is 6. The fraction of sp³-hybridized carbons (Fsp3) is 0.130. The Balaban J connectivity index is 1.48. The standard InChI is InChI=1S/C23H20N4O4/c24-15-18-4-1-2-5-19(18)16-31-22-7-3-6-17(14-22)23(28)26-13-12-25-20-8-10-21(11-9-20)27(29)30/h1-11,14,25H,12-13,16H2,(H,26,28). The summed E-state index contributed by atoms with van der Waals surface area (Å²) in [5, 5.41) is 25.7. The van der Waals surface area contributed by atoms with E-state index in [2.05, 4.69) is 16.7 Å². The van der Waals surface area contributed by atoms with Crippen LogP contribution in [0.25, 0.3) is 0 Å². The summed E-state index contributed by atoms with van der Waals surface area (Å²) in [6.45, 7) is 1.06. The van der Waals surface area contributed by atoms with Gasteiger partial charge in [-0.1, -0.05) is 24.3 Å². The van der Waals surface area contributed by atoms with Crippen LogP contribution in [-0.4, -0.2) is 23.9 Å². The van der Waals surface area contributed by atoms with E-state index in [4.69, 9.17) is 10.00 Å². The van der Waals surface area contributed by atoms with E-state index in [0.717, 1.165) is 11.3 Å². The van der Waals surface area contributed by atoms with Crippen molar-refractivity contribution in [3.05, 3.63) is 99.6 Å². The van der Waals surface area contributed by atoms with Gasteiger partial charge in [0.25, 0.3) is 11.6 Å². The largest absolute Gasteiger partial charge is 0.489 e. The Labute approximate surface area is 179 Å². The van der Waals surface area contributed by atoms with Crippen LogP contribution >= 0.6 is 0 Å². The van der Waals surface area contributed by atoms with Gasteiger partial charge in [0, 0.05) is 42.0 Å². The van der Waals surface area contributed by atoms with Gasteiger partial charge in [0.2, 0.25) is 0 Å². The topological polar surface area (TPSA) is 117 Å². The third kappa shape index (κ3) is 6.05. The monoisotopic (exact) mass is 416 g/mol. The highest BCUT2D eigenvalue weighted by molar-refractivity contribution is 5.94. The average Bonchev–Trinajstić information content (AvgIpc) is 2.81. The summed E-state index contributed by atoms with van der Waals surface area (Å²) in [6, 6.07) is 22.2. The van der Waals surface area contributed by atoms with Gasteiger partial charge in [0.1, 0.15) is 12.4 Å².